The molecule has 0 aromatic carbocycles. The minimum Gasteiger partial charge on any atom is -0.377 e. The lowest BCUT2D eigenvalue weighted by atomic mass is 9.93. The molecule has 0 aliphatic carbocycles. The number of rotatable bonds is 7. The predicted octanol–water partition coefficient (Wildman–Crippen LogP) is 0.361. The Kier molecular flexibility index (Phi) is 7.67. The van der Waals surface area contributed by atoms with Crippen LogP contribution in [0.15, 0.2) is 0 Å². The first-order valence-electron chi connectivity index (χ1n) is 7.84. The minimum absolute atomic E-state index is 0.00523. The molecule has 0 spiro atoms. The van der Waals surface area contributed by atoms with Gasteiger partial charge in [-0.15, -0.1) is 0 Å². The lowest BCUT2D eigenvalue weighted by molar-refractivity contribution is -0.149. The van der Waals surface area contributed by atoms with Crippen LogP contribution < -0.4 is 11.1 Å². The lowest BCUT2D eigenvalue weighted by Gasteiger charge is -2.35. The molecule has 6 heteroatoms. The molecule has 1 fully saturated rings. The highest BCUT2D eigenvalue weighted by atomic mass is 16.5. The number of nitrogens with one attached hydrogen (secondary N) is 1. The van der Waals surface area contributed by atoms with E-state index >= 15 is 0 Å². The number of carbonyl (C=O) groups excluding carboxylic acids is 2. The first-order chi connectivity index (χ1) is 9.99. The van der Waals surface area contributed by atoms with Gasteiger partial charge in [-0.05, 0) is 31.7 Å². The van der Waals surface area contributed by atoms with E-state index in [0.29, 0.717) is 38.6 Å². The van der Waals surface area contributed by atoms with E-state index in [1.165, 1.54) is 0 Å². The summed E-state index contributed by atoms with van der Waals surface area (Å²) in [4.78, 5) is 26.2. The first kappa shape index (κ1) is 17.9. The standard InChI is InChI=1S/C15H29N3O3/c1-4-17-15(20)13-10-21-6-5-18(13)14(19)8-12(9-16)7-11(2)3/h11-13H,4-10,16H2,1-3H3,(H,17,20)/t12-,13?/m0/s1. The Balaban J connectivity index is 2.65. The smallest absolute Gasteiger partial charge is 0.245 e. The highest BCUT2D eigenvalue weighted by molar-refractivity contribution is 5.88. The minimum atomic E-state index is -0.510. The Bertz CT molecular complexity index is 347. The molecule has 0 radical (unpaired) electrons. The molecular weight excluding hydrogens is 270 g/mol. The fourth-order valence-electron chi connectivity index (χ4n) is 2.71. The fourth-order valence-corrected chi connectivity index (χ4v) is 2.71. The van der Waals surface area contributed by atoms with Crippen LogP contribution in [0, 0.1) is 11.8 Å². The molecule has 6 nitrogen and oxygen atoms in total. The van der Waals surface area contributed by atoms with Crippen LogP contribution in [0.5, 0.6) is 0 Å². The van der Waals surface area contributed by atoms with E-state index in [0.717, 1.165) is 6.42 Å². The SMILES string of the molecule is CCNC(=O)C1COCCN1C(=O)C[C@@H](CN)CC(C)C. The van der Waals surface area contributed by atoms with Crippen LogP contribution in [-0.2, 0) is 14.3 Å². The van der Waals surface area contributed by atoms with E-state index in [1.807, 2.05) is 6.92 Å². The molecule has 0 saturated carbocycles. The Hall–Kier alpha value is -1.14. The molecule has 1 heterocycles. The van der Waals surface area contributed by atoms with Crippen molar-refractivity contribution >= 4 is 11.8 Å². The zero-order valence-corrected chi connectivity index (χ0v) is 13.4. The average Bonchev–Trinajstić information content (AvgIpc) is 2.46. The summed E-state index contributed by atoms with van der Waals surface area (Å²) in [5.41, 5.74) is 5.77. The van der Waals surface area contributed by atoms with Gasteiger partial charge in [0.15, 0.2) is 0 Å². The number of likely N-dealkylation sites (N-methyl/N-ethyl adjacent to an activating group) is 1. The highest BCUT2D eigenvalue weighted by Gasteiger charge is 2.33. The van der Waals surface area contributed by atoms with Crippen molar-refractivity contribution in [2.45, 2.75) is 39.7 Å². The van der Waals surface area contributed by atoms with Crippen LogP contribution in [0.1, 0.15) is 33.6 Å². The van der Waals surface area contributed by atoms with Crippen molar-refractivity contribution < 1.29 is 14.3 Å². The van der Waals surface area contributed by atoms with E-state index in [1.54, 1.807) is 4.90 Å². The maximum Gasteiger partial charge on any atom is 0.245 e. The molecule has 1 unspecified atom stereocenters. The number of morpholine rings is 1. The van der Waals surface area contributed by atoms with Crippen molar-refractivity contribution in [2.24, 2.45) is 17.6 Å². The molecule has 3 N–H and O–H groups in total. The molecular formula is C15H29N3O3. The number of hydrogen-bond acceptors (Lipinski definition) is 4. The number of hydrogen-bond donors (Lipinski definition) is 2. The third kappa shape index (κ3) is 5.63. The van der Waals surface area contributed by atoms with Gasteiger partial charge in [-0.3, -0.25) is 9.59 Å². The van der Waals surface area contributed by atoms with E-state index < -0.39 is 6.04 Å². The molecule has 2 atom stereocenters. The summed E-state index contributed by atoms with van der Waals surface area (Å²) in [6.45, 7) is 8.39. The first-order valence-corrected chi connectivity index (χ1v) is 7.84. The van der Waals surface area contributed by atoms with Crippen LogP contribution in [0.25, 0.3) is 0 Å². The Morgan fingerprint density at radius 3 is 2.71 bits per heavy atom. The second kappa shape index (κ2) is 9.00. The van der Waals surface area contributed by atoms with Gasteiger partial charge in [0.1, 0.15) is 6.04 Å². The van der Waals surface area contributed by atoms with Gasteiger partial charge in [-0.2, -0.15) is 0 Å². The Morgan fingerprint density at radius 1 is 1.43 bits per heavy atom. The van der Waals surface area contributed by atoms with Gasteiger partial charge >= 0.3 is 0 Å². The fraction of sp³-hybridized carbons (Fsp3) is 0.867. The number of nitrogens with zero attached hydrogens (tertiary/aromatic N) is 1. The maximum absolute atomic E-state index is 12.5. The summed E-state index contributed by atoms with van der Waals surface area (Å²) in [5.74, 6) is 0.551. The molecule has 1 rings (SSSR count). The van der Waals surface area contributed by atoms with Crippen molar-refractivity contribution in [1.29, 1.82) is 0 Å². The molecule has 2 amide bonds. The van der Waals surface area contributed by atoms with Gasteiger partial charge in [0, 0.05) is 19.5 Å². The lowest BCUT2D eigenvalue weighted by Crippen LogP contribution is -2.56. The monoisotopic (exact) mass is 299 g/mol. The second-order valence-electron chi connectivity index (χ2n) is 6.01. The quantitative estimate of drug-likeness (QED) is 0.711. The summed E-state index contributed by atoms with van der Waals surface area (Å²) < 4.78 is 5.35. The van der Waals surface area contributed by atoms with Crippen molar-refractivity contribution in [3.05, 3.63) is 0 Å². The van der Waals surface area contributed by atoms with Crippen molar-refractivity contribution in [2.75, 3.05) is 32.8 Å². The zero-order chi connectivity index (χ0) is 15.8. The van der Waals surface area contributed by atoms with Crippen LogP contribution in [0.2, 0.25) is 0 Å². The second-order valence-corrected chi connectivity index (χ2v) is 6.01. The van der Waals surface area contributed by atoms with E-state index in [2.05, 4.69) is 19.2 Å². The third-order valence-electron chi connectivity index (χ3n) is 3.70. The zero-order valence-electron chi connectivity index (χ0n) is 13.4. The van der Waals surface area contributed by atoms with Crippen LogP contribution in [-0.4, -0.2) is 55.6 Å². The largest absolute Gasteiger partial charge is 0.377 e. The van der Waals surface area contributed by atoms with Gasteiger partial charge in [0.2, 0.25) is 11.8 Å². The van der Waals surface area contributed by atoms with Crippen LogP contribution in [0.4, 0.5) is 0 Å². The van der Waals surface area contributed by atoms with E-state index in [4.69, 9.17) is 10.5 Å². The molecule has 0 aromatic heterocycles. The van der Waals surface area contributed by atoms with Gasteiger partial charge < -0.3 is 20.7 Å². The van der Waals surface area contributed by atoms with Crippen LogP contribution in [0.3, 0.4) is 0 Å². The molecule has 0 aromatic rings. The van der Waals surface area contributed by atoms with E-state index in [-0.39, 0.29) is 24.3 Å². The molecule has 1 aliphatic heterocycles. The summed E-state index contributed by atoms with van der Waals surface area (Å²) in [6, 6.07) is -0.510. The Morgan fingerprint density at radius 2 is 2.14 bits per heavy atom. The van der Waals surface area contributed by atoms with Crippen molar-refractivity contribution in [1.82, 2.24) is 10.2 Å². The van der Waals surface area contributed by atoms with Crippen molar-refractivity contribution in [3.63, 3.8) is 0 Å². The molecule has 0 bridgehead atoms. The number of nitrogens with two attached hydrogens (primary N) is 1. The molecule has 1 saturated heterocycles. The van der Waals surface area contributed by atoms with Gasteiger partial charge in [-0.1, -0.05) is 13.8 Å². The predicted molar refractivity (Wildman–Crippen MR) is 81.6 cm³/mol. The van der Waals surface area contributed by atoms with Crippen LogP contribution >= 0.6 is 0 Å². The number of amides is 2. The van der Waals surface area contributed by atoms with Crippen molar-refractivity contribution in [3.8, 4) is 0 Å². The summed E-state index contributed by atoms with van der Waals surface area (Å²) >= 11 is 0. The Labute approximate surface area is 127 Å². The maximum atomic E-state index is 12.5. The van der Waals surface area contributed by atoms with Gasteiger partial charge in [-0.25, -0.2) is 0 Å². The van der Waals surface area contributed by atoms with E-state index in [9.17, 15) is 9.59 Å². The average molecular weight is 299 g/mol. The number of carbonyl (C=O) groups is 2. The summed E-state index contributed by atoms with van der Waals surface area (Å²) in [6.07, 6.45) is 1.34. The molecule has 1 aliphatic rings. The summed E-state index contributed by atoms with van der Waals surface area (Å²) in [7, 11) is 0. The van der Waals surface area contributed by atoms with Gasteiger partial charge in [0.05, 0.1) is 13.2 Å². The molecule has 122 valence electrons. The normalized spacial score (nSPS) is 20.4. The highest BCUT2D eigenvalue weighted by Crippen LogP contribution is 2.18. The number of ether oxygens (including phenoxy) is 1. The topological polar surface area (TPSA) is 84.7 Å². The van der Waals surface area contributed by atoms with Gasteiger partial charge in [0.25, 0.3) is 0 Å². The third-order valence-corrected chi connectivity index (χ3v) is 3.70. The molecule has 21 heavy (non-hydrogen) atoms. The summed E-state index contributed by atoms with van der Waals surface area (Å²) in [5, 5.41) is 2.76.